The smallest absolute Gasteiger partial charge is 0.338 e. The first-order valence-electron chi connectivity index (χ1n) is 21.8. The van der Waals surface area contributed by atoms with E-state index in [9.17, 15) is 9.59 Å². The van der Waals surface area contributed by atoms with Gasteiger partial charge in [-0.2, -0.15) is 0 Å². The third-order valence-corrected chi connectivity index (χ3v) is 14.9. The largest absolute Gasteiger partial charge is 0.458 e. The third kappa shape index (κ3) is 9.16. The Bertz CT molecular complexity index is 1600. The minimum absolute atomic E-state index is 0.0653. The van der Waals surface area contributed by atoms with Crippen LogP contribution in [0.1, 0.15) is 167 Å². The molecule has 2 aromatic rings. The minimum Gasteiger partial charge on any atom is -0.458 e. The molecule has 53 heavy (non-hydrogen) atoms. The van der Waals surface area contributed by atoms with Gasteiger partial charge in [0.05, 0.1) is 5.56 Å². The van der Waals surface area contributed by atoms with Gasteiger partial charge in [-0.15, -0.1) is 6.58 Å². The molecule has 6 rings (SSSR count). The van der Waals surface area contributed by atoms with Gasteiger partial charge >= 0.3 is 11.9 Å². The Balaban J connectivity index is 0.998. The van der Waals surface area contributed by atoms with Gasteiger partial charge in [0.15, 0.2) is 0 Å². The van der Waals surface area contributed by atoms with E-state index in [0.29, 0.717) is 23.1 Å². The van der Waals surface area contributed by atoms with Crippen LogP contribution in [0.2, 0.25) is 0 Å². The Morgan fingerprint density at radius 1 is 0.849 bits per heavy atom. The van der Waals surface area contributed by atoms with Crippen LogP contribution >= 0.6 is 0 Å². The maximum absolute atomic E-state index is 13.5. The van der Waals surface area contributed by atoms with Crippen molar-refractivity contribution in [2.24, 2.45) is 46.3 Å². The zero-order valence-corrected chi connectivity index (χ0v) is 33.9. The molecular formula is C49H70O4. The molecule has 3 fully saturated rings. The zero-order valence-electron chi connectivity index (χ0n) is 33.9. The molecule has 4 heteroatoms. The average Bonchev–Trinajstić information content (AvgIpc) is 3.49. The number of carbonyl (C=O) groups excluding carboxylic acids is 2. The first-order chi connectivity index (χ1) is 25.5. The second-order valence-corrected chi connectivity index (χ2v) is 18.7. The van der Waals surface area contributed by atoms with Gasteiger partial charge in [0.1, 0.15) is 11.9 Å². The summed E-state index contributed by atoms with van der Waals surface area (Å²) < 4.78 is 11.9. The summed E-state index contributed by atoms with van der Waals surface area (Å²) in [6.07, 6.45) is 26.6. The van der Waals surface area contributed by atoms with E-state index in [1.165, 1.54) is 70.6 Å². The first-order valence-corrected chi connectivity index (χ1v) is 21.8. The van der Waals surface area contributed by atoms with Gasteiger partial charge in [-0.25, -0.2) is 4.79 Å². The molecular weight excluding hydrogens is 653 g/mol. The fourth-order valence-electron chi connectivity index (χ4n) is 11.8. The highest BCUT2D eigenvalue weighted by Gasteiger charge is 2.59. The van der Waals surface area contributed by atoms with Gasteiger partial charge in [-0.1, -0.05) is 109 Å². The van der Waals surface area contributed by atoms with Gasteiger partial charge < -0.3 is 9.47 Å². The molecule has 4 aliphatic rings. The molecule has 4 nitrogen and oxygen atoms in total. The molecule has 4 aliphatic carbocycles. The van der Waals surface area contributed by atoms with E-state index in [2.05, 4.69) is 47.3 Å². The van der Waals surface area contributed by atoms with Gasteiger partial charge in [-0.3, -0.25) is 4.79 Å². The Kier molecular flexibility index (Phi) is 13.3. The third-order valence-electron chi connectivity index (χ3n) is 14.9. The van der Waals surface area contributed by atoms with Crippen molar-refractivity contribution in [3.8, 4) is 5.75 Å². The second-order valence-electron chi connectivity index (χ2n) is 18.7. The molecule has 0 unspecified atom stereocenters. The number of ether oxygens (including phenoxy) is 2. The SMILES string of the molecule is C=CCCCCCCCCC(=O)Oc1ccc2cc(C(=O)O[C@H]3CC[C@@]4(C)C(=CC[C@H]5[C@@H]6CC[C@H]([C@H](C)CCCC(C)C)[C@@]6(C)CC[C@@H]54)C3)ccc2c1. The molecule has 3 saturated carbocycles. The summed E-state index contributed by atoms with van der Waals surface area (Å²) in [5.41, 5.74) is 2.88. The van der Waals surface area contributed by atoms with E-state index in [1.54, 1.807) is 5.57 Å². The van der Waals surface area contributed by atoms with E-state index >= 15 is 0 Å². The summed E-state index contributed by atoms with van der Waals surface area (Å²) in [4.78, 5) is 25.9. The van der Waals surface area contributed by atoms with Gasteiger partial charge in [0.25, 0.3) is 0 Å². The topological polar surface area (TPSA) is 52.6 Å². The highest BCUT2D eigenvalue weighted by Crippen LogP contribution is 2.67. The van der Waals surface area contributed by atoms with Crippen molar-refractivity contribution in [1.29, 1.82) is 0 Å². The van der Waals surface area contributed by atoms with Gasteiger partial charge in [-0.05, 0) is 146 Å². The van der Waals surface area contributed by atoms with Crippen LogP contribution in [0, 0.1) is 46.3 Å². The lowest BCUT2D eigenvalue weighted by molar-refractivity contribution is -0.134. The number of fused-ring (bicyclic) bond motifs is 6. The van der Waals surface area contributed by atoms with E-state index in [1.807, 2.05) is 42.5 Å². The van der Waals surface area contributed by atoms with Crippen molar-refractivity contribution in [2.45, 2.75) is 163 Å². The van der Waals surface area contributed by atoms with Gasteiger partial charge in [0, 0.05) is 12.8 Å². The second kappa shape index (κ2) is 17.7. The summed E-state index contributed by atoms with van der Waals surface area (Å²) >= 11 is 0. The lowest BCUT2D eigenvalue weighted by atomic mass is 9.47. The number of hydrogen-bond donors (Lipinski definition) is 0. The number of esters is 2. The van der Waals surface area contributed by atoms with Gasteiger partial charge in [0.2, 0.25) is 0 Å². The standard InChI is InChI=1S/C49H70O4/c1-7-8-9-10-11-12-13-14-18-46(50)52-40-23-21-36-31-38(20-19-37(36)32-40)47(51)53-41-27-29-48(5)39(33-41)22-24-42-44-26-25-43(35(4)17-15-16-34(2)3)49(44,6)30-28-45(42)48/h7,19-23,31-32,34-35,41-45H,1,8-18,24-30,33H2,2-6H3/t35-,41+,42+,43-,44+,45+,48+,49-/m1/s1. The summed E-state index contributed by atoms with van der Waals surface area (Å²) in [6.45, 7) is 16.3. The molecule has 0 aliphatic heterocycles. The number of allylic oxidation sites excluding steroid dienone is 2. The molecule has 0 N–H and O–H groups in total. The van der Waals surface area contributed by atoms with Crippen LogP contribution in [0.4, 0.5) is 0 Å². The van der Waals surface area contributed by atoms with Crippen LogP contribution in [-0.4, -0.2) is 18.0 Å². The Hall–Kier alpha value is -2.88. The van der Waals surface area contributed by atoms with Crippen molar-refractivity contribution in [3.05, 3.63) is 66.3 Å². The molecule has 0 heterocycles. The van der Waals surface area contributed by atoms with Crippen LogP contribution in [0.25, 0.3) is 10.8 Å². The normalized spacial score (nSPS) is 29.8. The lowest BCUT2D eigenvalue weighted by Crippen LogP contribution is -2.51. The van der Waals surface area contributed by atoms with Crippen molar-refractivity contribution in [3.63, 3.8) is 0 Å². The number of hydrogen-bond acceptors (Lipinski definition) is 4. The highest BCUT2D eigenvalue weighted by atomic mass is 16.5. The van der Waals surface area contributed by atoms with E-state index in [-0.39, 0.29) is 23.5 Å². The van der Waals surface area contributed by atoms with Crippen LogP contribution < -0.4 is 4.74 Å². The molecule has 290 valence electrons. The van der Waals surface area contributed by atoms with E-state index in [4.69, 9.17) is 9.47 Å². The van der Waals surface area contributed by atoms with Crippen molar-refractivity contribution < 1.29 is 19.1 Å². The van der Waals surface area contributed by atoms with Crippen molar-refractivity contribution >= 4 is 22.7 Å². The van der Waals surface area contributed by atoms with E-state index < -0.39 is 0 Å². The molecule has 0 amide bonds. The highest BCUT2D eigenvalue weighted by molar-refractivity contribution is 5.96. The van der Waals surface area contributed by atoms with E-state index in [0.717, 1.165) is 91.2 Å². The molecule has 0 spiro atoms. The summed E-state index contributed by atoms with van der Waals surface area (Å²) in [6, 6.07) is 11.3. The Labute approximate surface area is 321 Å². The molecule has 0 bridgehead atoms. The zero-order chi connectivity index (χ0) is 37.6. The van der Waals surface area contributed by atoms with Crippen LogP contribution in [0.15, 0.2) is 60.7 Å². The van der Waals surface area contributed by atoms with Crippen LogP contribution in [-0.2, 0) is 9.53 Å². The lowest BCUT2D eigenvalue weighted by Gasteiger charge is -2.58. The molecule has 2 aromatic carbocycles. The molecule has 0 aromatic heterocycles. The molecule has 0 saturated heterocycles. The van der Waals surface area contributed by atoms with Crippen molar-refractivity contribution in [2.75, 3.05) is 0 Å². The summed E-state index contributed by atoms with van der Waals surface area (Å²) in [5.74, 6) is 5.10. The van der Waals surface area contributed by atoms with Crippen molar-refractivity contribution in [1.82, 2.24) is 0 Å². The maximum Gasteiger partial charge on any atom is 0.338 e. The number of benzene rings is 2. The fourth-order valence-corrected chi connectivity index (χ4v) is 11.8. The summed E-state index contributed by atoms with van der Waals surface area (Å²) in [5, 5.41) is 1.89. The Morgan fingerprint density at radius 3 is 2.40 bits per heavy atom. The molecule has 8 atom stereocenters. The number of rotatable bonds is 17. The maximum atomic E-state index is 13.5. The fraction of sp³-hybridized carbons (Fsp3) is 0.673. The minimum atomic E-state index is -0.237. The summed E-state index contributed by atoms with van der Waals surface area (Å²) in [7, 11) is 0. The van der Waals surface area contributed by atoms with Crippen LogP contribution in [0.5, 0.6) is 5.75 Å². The predicted molar refractivity (Wildman–Crippen MR) is 219 cm³/mol. The molecule has 0 radical (unpaired) electrons. The predicted octanol–water partition coefficient (Wildman–Crippen LogP) is 13.6. The monoisotopic (exact) mass is 723 g/mol. The quantitative estimate of drug-likeness (QED) is 0.0706. The first kappa shape index (κ1) is 39.8. The number of unbranched alkanes of at least 4 members (excludes halogenated alkanes) is 6. The number of carbonyl (C=O) groups is 2. The Morgan fingerprint density at radius 2 is 1.60 bits per heavy atom. The average molecular weight is 723 g/mol. The van der Waals surface area contributed by atoms with Crippen LogP contribution in [0.3, 0.4) is 0 Å².